The minimum Gasteiger partial charge on any atom is -0.102 e. The molecule has 0 aromatic rings. The van der Waals surface area contributed by atoms with Crippen LogP contribution in [0.5, 0.6) is 0 Å². The molecule has 0 aromatic carbocycles. The van der Waals surface area contributed by atoms with Gasteiger partial charge in [0.05, 0.1) is 0 Å². The van der Waals surface area contributed by atoms with Crippen molar-refractivity contribution in [3.05, 3.63) is 0 Å². The summed E-state index contributed by atoms with van der Waals surface area (Å²) in [5.74, 6) is 0. The van der Waals surface area contributed by atoms with Crippen LogP contribution in [0.25, 0.3) is 0 Å². The first-order valence-electron chi connectivity index (χ1n) is 2.80. The molecule has 11 heteroatoms. The highest BCUT2D eigenvalue weighted by atomic mass is 33.2. The minimum atomic E-state index is 0.128. The Kier molecular flexibility index (Phi) is 12.2. The fraction of sp³-hybridized carbons (Fsp3) is 1.00. The van der Waals surface area contributed by atoms with Gasteiger partial charge in [0.1, 0.15) is 0 Å². The van der Waals surface area contributed by atoms with Gasteiger partial charge in [0.15, 0.2) is 0 Å². The molecule has 0 amide bonds. The zero-order valence-electron chi connectivity index (χ0n) is 6.70. The predicted molar refractivity (Wildman–Crippen MR) is 98.8 cm³/mol. The summed E-state index contributed by atoms with van der Waals surface area (Å²) in [7, 11) is 18.3. The lowest BCUT2D eigenvalue weighted by Crippen LogP contribution is -1.51. The molecule has 0 N–H and O–H groups in total. The van der Waals surface area contributed by atoms with Crippen molar-refractivity contribution in [1.82, 2.24) is 0 Å². The molecule has 0 bridgehead atoms. The summed E-state index contributed by atoms with van der Waals surface area (Å²) in [6, 6.07) is 0. The van der Waals surface area contributed by atoms with Crippen molar-refractivity contribution < 1.29 is 0 Å². The monoisotopic (exact) mass is 368 g/mol. The van der Waals surface area contributed by atoms with Gasteiger partial charge in [-0.25, -0.2) is 0 Å². The van der Waals surface area contributed by atoms with Crippen LogP contribution in [0.3, 0.4) is 0 Å². The van der Waals surface area contributed by atoms with Crippen LogP contribution in [0.4, 0.5) is 0 Å². The van der Waals surface area contributed by atoms with Gasteiger partial charge < -0.3 is 0 Å². The van der Waals surface area contributed by atoms with Crippen LogP contribution in [0.15, 0.2) is 0 Å². The SMILES string of the molecule is CP(P(P)P)P(P(P)P)P(P)P. The molecule has 0 nitrogen and oxygen atoms in total. The van der Waals surface area contributed by atoms with Crippen molar-refractivity contribution in [3.8, 4) is 0 Å². The first-order chi connectivity index (χ1) is 5.37. The Morgan fingerprint density at radius 3 is 1.08 bits per heavy atom. The van der Waals surface area contributed by atoms with Crippen LogP contribution in [-0.4, -0.2) is 6.66 Å². The molecule has 7 unspecified atom stereocenters. The van der Waals surface area contributed by atoms with Gasteiger partial charge >= 0.3 is 0 Å². The first-order valence-corrected chi connectivity index (χ1v) is 22.5. The summed E-state index contributed by atoms with van der Waals surface area (Å²) in [4.78, 5) is 0. The Hall–Kier alpha value is 4.73. The Balaban J connectivity index is 4.30. The molecule has 74 valence electrons. The van der Waals surface area contributed by atoms with Gasteiger partial charge in [0.25, 0.3) is 0 Å². The molecule has 0 spiro atoms. The maximum Gasteiger partial charge on any atom is -0.0105 e. The summed E-state index contributed by atoms with van der Waals surface area (Å²) in [6.45, 7) is 3.11. The van der Waals surface area contributed by atoms with E-state index < -0.39 is 0 Å². The largest absolute Gasteiger partial charge is 0.102 e. The highest BCUT2D eigenvalue weighted by Crippen LogP contribution is 3.13. The van der Waals surface area contributed by atoms with E-state index in [9.17, 15) is 0 Å². The second-order valence-electron chi connectivity index (χ2n) is 1.90. The lowest BCUT2D eigenvalue weighted by Gasteiger charge is -2.33. The second-order valence-corrected chi connectivity index (χ2v) is 44.0. The van der Waals surface area contributed by atoms with E-state index in [1.165, 1.54) is 0 Å². The van der Waals surface area contributed by atoms with Gasteiger partial charge in [0, 0.05) is 0 Å². The highest BCUT2D eigenvalue weighted by Gasteiger charge is 2.26. The molecule has 7 atom stereocenters. The van der Waals surface area contributed by atoms with Crippen molar-refractivity contribution in [1.29, 1.82) is 0 Å². The molecule has 0 fully saturated rings. The zero-order valence-corrected chi connectivity index (χ0v) is 18.1. The van der Waals surface area contributed by atoms with Gasteiger partial charge in [-0.2, -0.15) is 0 Å². The molecule has 0 saturated heterocycles. The molecular formula is CH15P11. The Labute approximate surface area is 95.2 Å². The fourth-order valence-corrected chi connectivity index (χ4v) is 90.6. The van der Waals surface area contributed by atoms with Crippen LogP contribution < -0.4 is 0 Å². The number of rotatable bonds is 4. The third-order valence-corrected chi connectivity index (χ3v) is 59.4. The molecule has 0 heterocycles. The first kappa shape index (κ1) is 16.7. The maximum absolute atomic E-state index is 3.01. The molecule has 0 aliphatic rings. The standard InChI is InChI=1S/CH15P11/c1-8(9(2)3)12(10(4)5)11(6)7/h2-7H2,1H3. The third kappa shape index (κ3) is 6.46. The van der Waals surface area contributed by atoms with E-state index in [1.54, 1.807) is 0 Å². The minimum absolute atomic E-state index is 0.128. The summed E-state index contributed by atoms with van der Waals surface area (Å²) in [5.41, 5.74) is 0. The van der Waals surface area contributed by atoms with Crippen molar-refractivity contribution in [3.63, 3.8) is 0 Å². The molecule has 0 aliphatic heterocycles. The number of hydrogen-bond acceptors (Lipinski definition) is 0. The van der Waals surface area contributed by atoms with E-state index in [2.05, 4.69) is 60.2 Å². The van der Waals surface area contributed by atoms with Gasteiger partial charge in [-0.15, -0.1) is 53.6 Å². The van der Waals surface area contributed by atoms with Gasteiger partial charge in [-0.3, -0.25) is 0 Å². The van der Waals surface area contributed by atoms with E-state index in [0.29, 0.717) is 0 Å². The van der Waals surface area contributed by atoms with Crippen molar-refractivity contribution in [2.24, 2.45) is 0 Å². The molecule has 0 rings (SSSR count). The summed E-state index contributed by atoms with van der Waals surface area (Å²) in [5, 5.41) is 0. The van der Waals surface area contributed by atoms with E-state index in [4.69, 9.17) is 0 Å². The van der Waals surface area contributed by atoms with E-state index in [1.807, 2.05) is 0 Å². The van der Waals surface area contributed by atoms with Crippen LogP contribution in [0.1, 0.15) is 0 Å². The molecule has 0 aliphatic carbocycles. The molecule has 0 saturated carbocycles. The van der Waals surface area contributed by atoms with Crippen LogP contribution in [-0.2, 0) is 0 Å². The van der Waals surface area contributed by atoms with Crippen molar-refractivity contribution >= 4 is 88.8 Å². The third-order valence-electron chi connectivity index (χ3n) is 1.01. The number of hydrogen-bond donors (Lipinski definition) is 0. The van der Waals surface area contributed by atoms with Gasteiger partial charge in [-0.05, 0) is 41.9 Å². The molecule has 12 heavy (non-hydrogen) atoms. The topological polar surface area (TPSA) is 0 Å². The second kappa shape index (κ2) is 8.77. The summed E-state index contributed by atoms with van der Waals surface area (Å²) in [6.07, 6.45) is 0. The van der Waals surface area contributed by atoms with E-state index in [0.717, 1.165) is 0 Å². The maximum atomic E-state index is 3.01. The van der Waals surface area contributed by atoms with Crippen LogP contribution >= 0.6 is 88.8 Å². The normalized spacial score (nSPS) is 15.2. The summed E-state index contributed by atoms with van der Waals surface area (Å²) >= 11 is 0. The fourth-order valence-electron chi connectivity index (χ4n) is 0.511. The quantitative estimate of drug-likeness (QED) is 0.502. The van der Waals surface area contributed by atoms with E-state index in [-0.39, 0.29) is 35.2 Å². The lowest BCUT2D eigenvalue weighted by atomic mass is 12.0. The lowest BCUT2D eigenvalue weighted by molar-refractivity contribution is 2.50. The average molecular weight is 368 g/mol. The molecule has 0 radical (unpaired) electrons. The van der Waals surface area contributed by atoms with Crippen LogP contribution in [0.2, 0.25) is 0 Å². The van der Waals surface area contributed by atoms with Crippen molar-refractivity contribution in [2.45, 2.75) is 0 Å². The van der Waals surface area contributed by atoms with Crippen molar-refractivity contribution in [2.75, 3.05) is 6.66 Å². The summed E-state index contributed by atoms with van der Waals surface area (Å²) < 4.78 is 0. The zero-order chi connectivity index (χ0) is 9.89. The average Bonchev–Trinajstić information content (AvgIpc) is 1.85. The molecule has 0 aromatic heterocycles. The van der Waals surface area contributed by atoms with Gasteiger partial charge in [-0.1, -0.05) is 0 Å². The smallest absolute Gasteiger partial charge is 0.0105 e. The van der Waals surface area contributed by atoms with Crippen LogP contribution in [0, 0.1) is 0 Å². The highest BCUT2D eigenvalue weighted by molar-refractivity contribution is 9.16. The Morgan fingerprint density at radius 1 is 0.667 bits per heavy atom. The predicted octanol–water partition coefficient (Wildman–Crippen LogP) is 6.43. The van der Waals surface area contributed by atoms with Gasteiger partial charge in [0.2, 0.25) is 0 Å². The Bertz CT molecular complexity index is 108. The Morgan fingerprint density at radius 2 is 1.00 bits per heavy atom. The molecular weight excluding hydrogens is 353 g/mol. The van der Waals surface area contributed by atoms with E-state index >= 15 is 0 Å².